The zero-order valence-electron chi connectivity index (χ0n) is 11.5. The molecule has 2 aromatic rings. The van der Waals surface area contributed by atoms with Crippen molar-refractivity contribution in [2.24, 2.45) is 0 Å². The van der Waals surface area contributed by atoms with Crippen LogP contribution in [0.1, 0.15) is 21.8 Å². The molecule has 0 atom stereocenters. The van der Waals surface area contributed by atoms with Crippen molar-refractivity contribution < 1.29 is 9.59 Å². The van der Waals surface area contributed by atoms with Crippen molar-refractivity contribution in [3.8, 4) is 0 Å². The Kier molecular flexibility index (Phi) is 5.90. The van der Waals surface area contributed by atoms with Crippen LogP contribution in [0.5, 0.6) is 0 Å². The van der Waals surface area contributed by atoms with Gasteiger partial charge in [0.25, 0.3) is 5.91 Å². The number of rotatable bonds is 7. The van der Waals surface area contributed by atoms with Gasteiger partial charge in [0.1, 0.15) is 0 Å². The van der Waals surface area contributed by atoms with Gasteiger partial charge in [-0.15, -0.1) is 11.3 Å². The summed E-state index contributed by atoms with van der Waals surface area (Å²) in [6, 6.07) is 9.28. The van der Waals surface area contributed by atoms with Crippen LogP contribution in [-0.4, -0.2) is 29.9 Å². The average molecular weight is 303 g/mol. The summed E-state index contributed by atoms with van der Waals surface area (Å²) in [7, 11) is 0. The van der Waals surface area contributed by atoms with Gasteiger partial charge in [0, 0.05) is 37.8 Å². The quantitative estimate of drug-likeness (QED) is 0.816. The molecule has 21 heavy (non-hydrogen) atoms. The predicted octanol–water partition coefficient (Wildman–Crippen LogP) is 1.62. The first-order valence-corrected chi connectivity index (χ1v) is 7.62. The third-order valence-electron chi connectivity index (χ3n) is 2.81. The summed E-state index contributed by atoms with van der Waals surface area (Å²) in [5, 5.41) is 7.38. The highest BCUT2D eigenvalue weighted by atomic mass is 32.1. The maximum absolute atomic E-state index is 11.6. The van der Waals surface area contributed by atoms with E-state index in [0.29, 0.717) is 24.4 Å². The molecule has 0 aliphatic carbocycles. The third-order valence-corrected chi connectivity index (χ3v) is 3.68. The van der Waals surface area contributed by atoms with E-state index < -0.39 is 0 Å². The van der Waals surface area contributed by atoms with Crippen LogP contribution in [0.25, 0.3) is 0 Å². The second kappa shape index (κ2) is 8.16. The second-order valence-electron chi connectivity index (χ2n) is 4.40. The number of thiophene rings is 1. The number of hydrogen-bond acceptors (Lipinski definition) is 4. The molecule has 2 rings (SSSR count). The maximum atomic E-state index is 11.6. The molecule has 0 fully saturated rings. The van der Waals surface area contributed by atoms with Gasteiger partial charge in [-0.3, -0.25) is 14.6 Å². The topological polar surface area (TPSA) is 71.1 Å². The van der Waals surface area contributed by atoms with Gasteiger partial charge in [-0.2, -0.15) is 0 Å². The minimum Gasteiger partial charge on any atom is -0.356 e. The molecule has 0 unspecified atom stereocenters. The SMILES string of the molecule is O=C(CCNC(=O)c1cccs1)NCCc1ccccn1. The van der Waals surface area contributed by atoms with Gasteiger partial charge in [0.2, 0.25) is 5.91 Å². The number of pyridine rings is 1. The standard InChI is InChI=1S/C15H17N3O2S/c19-14(17-9-6-12-4-1-2-8-16-12)7-10-18-15(20)13-5-3-11-21-13/h1-5,8,11H,6-7,9-10H2,(H,17,19)(H,18,20). The Balaban J connectivity index is 1.58. The van der Waals surface area contributed by atoms with Crippen LogP contribution in [-0.2, 0) is 11.2 Å². The van der Waals surface area contributed by atoms with Crippen LogP contribution < -0.4 is 10.6 Å². The van der Waals surface area contributed by atoms with Crippen molar-refractivity contribution in [3.05, 3.63) is 52.5 Å². The van der Waals surface area contributed by atoms with E-state index in [9.17, 15) is 9.59 Å². The first kappa shape index (κ1) is 15.2. The fourth-order valence-corrected chi connectivity index (χ4v) is 2.39. The van der Waals surface area contributed by atoms with Crippen LogP contribution in [0.15, 0.2) is 41.9 Å². The highest BCUT2D eigenvalue weighted by Gasteiger charge is 2.07. The first-order valence-electron chi connectivity index (χ1n) is 6.74. The highest BCUT2D eigenvalue weighted by molar-refractivity contribution is 7.12. The number of nitrogens with one attached hydrogen (secondary N) is 2. The van der Waals surface area contributed by atoms with Gasteiger partial charge < -0.3 is 10.6 Å². The minimum atomic E-state index is -0.133. The van der Waals surface area contributed by atoms with Crippen molar-refractivity contribution in [1.82, 2.24) is 15.6 Å². The number of aromatic nitrogens is 1. The summed E-state index contributed by atoms with van der Waals surface area (Å²) < 4.78 is 0. The number of nitrogens with zero attached hydrogens (tertiary/aromatic N) is 1. The van der Waals surface area contributed by atoms with E-state index in [2.05, 4.69) is 15.6 Å². The Hall–Kier alpha value is -2.21. The Bertz CT molecular complexity index is 570. The normalized spacial score (nSPS) is 10.1. The van der Waals surface area contributed by atoms with E-state index in [0.717, 1.165) is 5.69 Å². The van der Waals surface area contributed by atoms with Crippen molar-refractivity contribution in [2.45, 2.75) is 12.8 Å². The molecule has 0 saturated heterocycles. The Morgan fingerprint density at radius 3 is 2.71 bits per heavy atom. The lowest BCUT2D eigenvalue weighted by Crippen LogP contribution is -2.31. The summed E-state index contributed by atoms with van der Waals surface area (Å²) in [5.74, 6) is -0.205. The molecule has 0 radical (unpaired) electrons. The number of carbonyl (C=O) groups excluding carboxylic acids is 2. The minimum absolute atomic E-state index is 0.0718. The lowest BCUT2D eigenvalue weighted by atomic mass is 10.2. The van der Waals surface area contributed by atoms with Crippen molar-refractivity contribution >= 4 is 23.2 Å². The monoisotopic (exact) mass is 303 g/mol. The van der Waals surface area contributed by atoms with Gasteiger partial charge in [0.05, 0.1) is 4.88 Å². The zero-order chi connectivity index (χ0) is 14.9. The van der Waals surface area contributed by atoms with E-state index in [1.807, 2.05) is 29.6 Å². The van der Waals surface area contributed by atoms with Crippen molar-refractivity contribution in [1.29, 1.82) is 0 Å². The number of hydrogen-bond donors (Lipinski definition) is 2. The summed E-state index contributed by atoms with van der Waals surface area (Å²) in [5.41, 5.74) is 0.948. The summed E-state index contributed by atoms with van der Waals surface area (Å²) in [4.78, 5) is 28.1. The summed E-state index contributed by atoms with van der Waals surface area (Å²) >= 11 is 1.38. The average Bonchev–Trinajstić information content (AvgIpc) is 3.02. The Morgan fingerprint density at radius 2 is 2.00 bits per heavy atom. The third kappa shape index (κ3) is 5.35. The lowest BCUT2D eigenvalue weighted by Gasteiger charge is -2.06. The van der Waals surface area contributed by atoms with E-state index in [4.69, 9.17) is 0 Å². The molecule has 0 spiro atoms. The fraction of sp³-hybridized carbons (Fsp3) is 0.267. The van der Waals surface area contributed by atoms with Gasteiger partial charge >= 0.3 is 0 Å². The molecule has 0 bridgehead atoms. The molecular weight excluding hydrogens is 286 g/mol. The van der Waals surface area contributed by atoms with Gasteiger partial charge in [0.15, 0.2) is 0 Å². The lowest BCUT2D eigenvalue weighted by molar-refractivity contribution is -0.120. The van der Waals surface area contributed by atoms with Crippen LogP contribution in [0.3, 0.4) is 0 Å². The van der Waals surface area contributed by atoms with E-state index in [1.54, 1.807) is 12.3 Å². The zero-order valence-corrected chi connectivity index (χ0v) is 12.4. The van der Waals surface area contributed by atoms with Crippen LogP contribution >= 0.6 is 11.3 Å². The molecule has 0 aliphatic heterocycles. The van der Waals surface area contributed by atoms with Gasteiger partial charge in [-0.05, 0) is 23.6 Å². The molecule has 6 heteroatoms. The van der Waals surface area contributed by atoms with E-state index in [-0.39, 0.29) is 18.2 Å². The smallest absolute Gasteiger partial charge is 0.261 e. The van der Waals surface area contributed by atoms with Crippen LogP contribution in [0, 0.1) is 0 Å². The molecule has 0 aliphatic rings. The summed E-state index contributed by atoms with van der Waals surface area (Å²) in [6.07, 6.45) is 2.71. The van der Waals surface area contributed by atoms with Gasteiger partial charge in [-0.1, -0.05) is 12.1 Å². The fourth-order valence-electron chi connectivity index (χ4n) is 1.75. The van der Waals surface area contributed by atoms with Crippen LogP contribution in [0.2, 0.25) is 0 Å². The maximum Gasteiger partial charge on any atom is 0.261 e. The largest absolute Gasteiger partial charge is 0.356 e. The van der Waals surface area contributed by atoms with Crippen molar-refractivity contribution in [2.75, 3.05) is 13.1 Å². The molecule has 5 nitrogen and oxygen atoms in total. The molecule has 110 valence electrons. The van der Waals surface area contributed by atoms with Crippen molar-refractivity contribution in [3.63, 3.8) is 0 Å². The molecule has 2 aromatic heterocycles. The Morgan fingerprint density at radius 1 is 1.10 bits per heavy atom. The Labute approximate surface area is 127 Å². The van der Waals surface area contributed by atoms with Gasteiger partial charge in [-0.25, -0.2) is 0 Å². The molecular formula is C15H17N3O2S. The molecule has 2 N–H and O–H groups in total. The molecule has 2 amide bonds. The van der Waals surface area contributed by atoms with E-state index in [1.165, 1.54) is 11.3 Å². The highest BCUT2D eigenvalue weighted by Crippen LogP contribution is 2.07. The number of carbonyl (C=O) groups is 2. The second-order valence-corrected chi connectivity index (χ2v) is 5.35. The first-order chi connectivity index (χ1) is 10.3. The summed E-state index contributed by atoms with van der Waals surface area (Å²) in [6.45, 7) is 0.890. The van der Waals surface area contributed by atoms with E-state index >= 15 is 0 Å². The predicted molar refractivity (Wildman–Crippen MR) is 82.2 cm³/mol. The van der Waals surface area contributed by atoms with Crippen LogP contribution in [0.4, 0.5) is 0 Å². The molecule has 0 aromatic carbocycles. The molecule has 0 saturated carbocycles. The molecule has 2 heterocycles. The number of amides is 2.